The molecule has 0 N–H and O–H groups in total. The highest BCUT2D eigenvalue weighted by Crippen LogP contribution is 2.41. The molecule has 3 fully saturated rings. The number of aromatic nitrogens is 2. The zero-order valence-electron chi connectivity index (χ0n) is 15.6. The fourth-order valence-corrected chi connectivity index (χ4v) is 4.37. The Kier molecular flexibility index (Phi) is 4.71. The van der Waals surface area contributed by atoms with Gasteiger partial charge in [-0.05, 0) is 46.0 Å². The van der Waals surface area contributed by atoms with Gasteiger partial charge in [0.25, 0.3) is 11.8 Å². The molecule has 1 aromatic rings. The number of likely N-dealkylation sites (tertiary alicyclic amines) is 1. The van der Waals surface area contributed by atoms with Crippen LogP contribution >= 0.6 is 11.7 Å². The monoisotopic (exact) mass is 381 g/mol. The molecule has 2 saturated carbocycles. The second-order valence-corrected chi connectivity index (χ2v) is 9.19. The fourth-order valence-electron chi connectivity index (χ4n) is 3.93. The number of nitrogens with zero attached hydrogens (tertiary/aromatic N) is 3. The second kappa shape index (κ2) is 6.87. The molecular formula is C18H27N3O4S. The number of amides is 1. The van der Waals surface area contributed by atoms with Crippen LogP contribution in [0.25, 0.3) is 0 Å². The molecule has 2 heterocycles. The second-order valence-electron chi connectivity index (χ2n) is 8.66. The maximum Gasteiger partial charge on any atom is 0.410 e. The minimum Gasteiger partial charge on any atom is -0.473 e. The van der Waals surface area contributed by atoms with Crippen LogP contribution in [-0.4, -0.2) is 50.6 Å². The van der Waals surface area contributed by atoms with Gasteiger partial charge in [0.15, 0.2) is 0 Å². The lowest BCUT2D eigenvalue weighted by Gasteiger charge is -2.33. The molecule has 26 heavy (non-hydrogen) atoms. The molecule has 0 radical (unpaired) electrons. The summed E-state index contributed by atoms with van der Waals surface area (Å²) in [7, 11) is 0. The number of ether oxygens (including phenoxy) is 3. The molecular weight excluding hydrogens is 354 g/mol. The van der Waals surface area contributed by atoms with Crippen LogP contribution in [0.5, 0.6) is 11.8 Å². The van der Waals surface area contributed by atoms with E-state index >= 15 is 0 Å². The quantitative estimate of drug-likeness (QED) is 0.777. The van der Waals surface area contributed by atoms with Crippen molar-refractivity contribution in [1.29, 1.82) is 0 Å². The summed E-state index contributed by atoms with van der Waals surface area (Å²) < 4.78 is 25.9. The molecule has 1 aliphatic heterocycles. The first-order chi connectivity index (χ1) is 12.4. The van der Waals surface area contributed by atoms with Crippen molar-refractivity contribution >= 4 is 17.8 Å². The van der Waals surface area contributed by atoms with Crippen molar-refractivity contribution in [3.05, 3.63) is 0 Å². The van der Waals surface area contributed by atoms with Gasteiger partial charge >= 0.3 is 6.09 Å². The fraction of sp³-hybridized carbons (Fsp3) is 0.833. The minimum absolute atomic E-state index is 0.0636. The number of fused-ring (bicyclic) bond motifs is 2. The van der Waals surface area contributed by atoms with Crippen LogP contribution in [0.15, 0.2) is 0 Å². The molecule has 3 aliphatic rings. The molecule has 7 nitrogen and oxygen atoms in total. The molecule has 3 unspecified atom stereocenters. The van der Waals surface area contributed by atoms with E-state index in [1.54, 1.807) is 0 Å². The molecule has 0 aromatic carbocycles. The summed E-state index contributed by atoms with van der Waals surface area (Å²) >= 11 is 1.12. The summed E-state index contributed by atoms with van der Waals surface area (Å²) in [5.41, 5.74) is -0.465. The number of carbonyl (C=O) groups excluding carboxylic acids is 1. The van der Waals surface area contributed by atoms with Gasteiger partial charge in [0, 0.05) is 24.9 Å². The lowest BCUT2D eigenvalue weighted by molar-refractivity contribution is 0.00984. The molecule has 2 bridgehead atoms. The van der Waals surface area contributed by atoms with Gasteiger partial charge in [0.2, 0.25) is 0 Å². The SMILES string of the molecule is CC(C)(C)OC(=O)N1CC2CC1CC2Oc1nsnc1OCC1CCC1. The van der Waals surface area contributed by atoms with Gasteiger partial charge < -0.3 is 19.1 Å². The normalized spacial score (nSPS) is 28.1. The van der Waals surface area contributed by atoms with Crippen LogP contribution in [0.3, 0.4) is 0 Å². The number of carbonyl (C=O) groups is 1. The lowest BCUT2D eigenvalue weighted by atomic mass is 9.86. The molecule has 2 aliphatic carbocycles. The third kappa shape index (κ3) is 3.75. The summed E-state index contributed by atoms with van der Waals surface area (Å²) in [6, 6.07) is 0.186. The zero-order valence-corrected chi connectivity index (χ0v) is 16.5. The Balaban J connectivity index is 1.31. The van der Waals surface area contributed by atoms with E-state index in [4.69, 9.17) is 14.2 Å². The van der Waals surface area contributed by atoms with Crippen LogP contribution in [0, 0.1) is 11.8 Å². The highest BCUT2D eigenvalue weighted by Gasteiger charge is 2.49. The Hall–Kier alpha value is -1.57. The maximum absolute atomic E-state index is 12.3. The molecule has 8 heteroatoms. The van der Waals surface area contributed by atoms with Crippen molar-refractivity contribution in [3.8, 4) is 11.8 Å². The lowest BCUT2D eigenvalue weighted by Crippen LogP contribution is -2.45. The summed E-state index contributed by atoms with van der Waals surface area (Å²) in [5, 5.41) is 0. The van der Waals surface area contributed by atoms with Crippen LogP contribution in [0.4, 0.5) is 4.79 Å². The topological polar surface area (TPSA) is 73.8 Å². The third-order valence-corrected chi connectivity index (χ3v) is 5.97. The van der Waals surface area contributed by atoms with Gasteiger partial charge in [-0.25, -0.2) is 4.79 Å². The zero-order chi connectivity index (χ0) is 18.3. The Morgan fingerprint density at radius 3 is 2.62 bits per heavy atom. The van der Waals surface area contributed by atoms with Crippen LogP contribution < -0.4 is 9.47 Å². The minimum atomic E-state index is -0.465. The van der Waals surface area contributed by atoms with Crippen molar-refractivity contribution in [1.82, 2.24) is 13.6 Å². The highest BCUT2D eigenvalue weighted by molar-refractivity contribution is 6.99. The average Bonchev–Trinajstić information content (AvgIpc) is 3.20. The smallest absolute Gasteiger partial charge is 0.410 e. The van der Waals surface area contributed by atoms with Gasteiger partial charge in [0.1, 0.15) is 11.7 Å². The maximum atomic E-state index is 12.3. The van der Waals surface area contributed by atoms with E-state index in [0.717, 1.165) is 24.6 Å². The highest BCUT2D eigenvalue weighted by atomic mass is 32.1. The van der Waals surface area contributed by atoms with Crippen LogP contribution in [0.1, 0.15) is 52.9 Å². The molecule has 1 saturated heterocycles. The predicted octanol–water partition coefficient (Wildman–Crippen LogP) is 3.49. The number of hydrogen-bond acceptors (Lipinski definition) is 7. The van der Waals surface area contributed by atoms with Gasteiger partial charge in [0.05, 0.1) is 18.3 Å². The van der Waals surface area contributed by atoms with Crippen LogP contribution in [-0.2, 0) is 4.74 Å². The van der Waals surface area contributed by atoms with Gasteiger partial charge in [-0.15, -0.1) is 8.75 Å². The Bertz CT molecular complexity index is 655. The summed E-state index contributed by atoms with van der Waals surface area (Å²) in [5.74, 6) is 1.99. The van der Waals surface area contributed by atoms with Gasteiger partial charge in [-0.2, -0.15) is 0 Å². The molecule has 144 valence electrons. The van der Waals surface area contributed by atoms with E-state index in [1.807, 2.05) is 25.7 Å². The number of piperidine rings is 1. The Morgan fingerprint density at radius 2 is 2.00 bits per heavy atom. The van der Waals surface area contributed by atoms with E-state index in [-0.39, 0.29) is 18.2 Å². The summed E-state index contributed by atoms with van der Waals surface area (Å²) in [4.78, 5) is 14.2. The van der Waals surface area contributed by atoms with E-state index in [0.29, 0.717) is 36.7 Å². The van der Waals surface area contributed by atoms with Gasteiger partial charge in [-0.3, -0.25) is 0 Å². The van der Waals surface area contributed by atoms with Crippen molar-refractivity contribution in [2.75, 3.05) is 13.2 Å². The first-order valence-corrected chi connectivity index (χ1v) is 10.2. The van der Waals surface area contributed by atoms with Crippen molar-refractivity contribution < 1.29 is 19.0 Å². The molecule has 4 rings (SSSR count). The third-order valence-electron chi connectivity index (χ3n) is 5.48. The molecule has 3 atom stereocenters. The van der Waals surface area contributed by atoms with E-state index in [9.17, 15) is 4.79 Å². The number of rotatable bonds is 5. The van der Waals surface area contributed by atoms with Crippen LogP contribution in [0.2, 0.25) is 0 Å². The average molecular weight is 381 g/mol. The number of hydrogen-bond donors (Lipinski definition) is 0. The first-order valence-electron chi connectivity index (χ1n) is 9.50. The van der Waals surface area contributed by atoms with E-state index in [1.165, 1.54) is 19.3 Å². The largest absolute Gasteiger partial charge is 0.473 e. The standard InChI is InChI=1S/C18H27N3O4S/c1-18(2,3)25-17(22)21-9-12-7-13(21)8-14(12)24-16-15(19-26-20-16)23-10-11-5-4-6-11/h11-14H,4-10H2,1-3H3. The first kappa shape index (κ1) is 17.8. The Labute approximate surface area is 158 Å². The molecule has 0 spiro atoms. The summed E-state index contributed by atoms with van der Waals surface area (Å²) in [6.45, 7) is 7.06. The predicted molar refractivity (Wildman–Crippen MR) is 96.6 cm³/mol. The molecule has 1 amide bonds. The van der Waals surface area contributed by atoms with E-state index < -0.39 is 5.60 Å². The van der Waals surface area contributed by atoms with Crippen molar-refractivity contribution in [2.24, 2.45) is 11.8 Å². The van der Waals surface area contributed by atoms with Crippen molar-refractivity contribution in [3.63, 3.8) is 0 Å². The Morgan fingerprint density at radius 1 is 1.23 bits per heavy atom. The molecule has 1 aromatic heterocycles. The summed E-state index contributed by atoms with van der Waals surface area (Å²) in [6.07, 6.45) is 5.38. The van der Waals surface area contributed by atoms with Gasteiger partial charge in [-0.1, -0.05) is 6.42 Å². The van der Waals surface area contributed by atoms with Crippen molar-refractivity contribution in [2.45, 2.75) is 70.6 Å². The van der Waals surface area contributed by atoms with E-state index in [2.05, 4.69) is 8.75 Å².